The van der Waals surface area contributed by atoms with Crippen molar-refractivity contribution in [3.63, 3.8) is 0 Å². The second-order valence-corrected chi connectivity index (χ2v) is 4.35. The van der Waals surface area contributed by atoms with Gasteiger partial charge in [-0.3, -0.25) is 4.57 Å². The largest absolute Gasteiger partial charge is 0.382 e. The average molecular weight is 269 g/mol. The van der Waals surface area contributed by atoms with Crippen molar-refractivity contribution in [2.75, 3.05) is 0 Å². The van der Waals surface area contributed by atoms with Gasteiger partial charge in [0.15, 0.2) is 0 Å². The van der Waals surface area contributed by atoms with Crippen molar-refractivity contribution >= 4 is 0 Å². The molecule has 0 amide bonds. The van der Waals surface area contributed by atoms with Crippen LogP contribution in [-0.2, 0) is 0 Å². The van der Waals surface area contributed by atoms with E-state index in [1.807, 2.05) is 18.2 Å². The Morgan fingerprint density at radius 3 is 2.55 bits per heavy atom. The molecule has 0 aliphatic carbocycles. The third kappa shape index (κ3) is 2.44. The maximum absolute atomic E-state index is 12.9. The van der Waals surface area contributed by atoms with Gasteiger partial charge in [0.1, 0.15) is 24.1 Å². The molecule has 3 aromatic rings. The van der Waals surface area contributed by atoms with Gasteiger partial charge >= 0.3 is 0 Å². The number of imidazole rings is 1. The van der Waals surface area contributed by atoms with Crippen molar-refractivity contribution < 1.29 is 9.50 Å². The van der Waals surface area contributed by atoms with Crippen molar-refractivity contribution in [2.45, 2.75) is 6.10 Å². The van der Waals surface area contributed by atoms with Crippen LogP contribution in [-0.4, -0.2) is 19.6 Å². The molecule has 2 heterocycles. The second kappa shape index (κ2) is 5.22. The maximum Gasteiger partial charge on any atom is 0.137 e. The van der Waals surface area contributed by atoms with Gasteiger partial charge < -0.3 is 5.11 Å². The summed E-state index contributed by atoms with van der Waals surface area (Å²) in [5, 5.41) is 10.2. The molecule has 100 valence electrons. The van der Waals surface area contributed by atoms with Crippen LogP contribution in [0.25, 0.3) is 5.82 Å². The van der Waals surface area contributed by atoms with Crippen molar-refractivity contribution in [3.05, 3.63) is 78.3 Å². The first-order valence-electron chi connectivity index (χ1n) is 6.13. The Kier molecular flexibility index (Phi) is 3.26. The molecule has 4 nitrogen and oxygen atoms in total. The predicted octanol–water partition coefficient (Wildman–Crippen LogP) is 2.49. The van der Waals surface area contributed by atoms with E-state index in [9.17, 15) is 9.50 Å². The summed E-state index contributed by atoms with van der Waals surface area (Å²) in [4.78, 5) is 8.37. The van der Waals surface area contributed by atoms with Gasteiger partial charge in [0.2, 0.25) is 0 Å². The minimum atomic E-state index is -0.888. The summed E-state index contributed by atoms with van der Waals surface area (Å²) in [5.74, 6) is 0.387. The molecule has 1 atom stereocenters. The number of nitrogens with zero attached hydrogens (tertiary/aromatic N) is 3. The number of hydrogen-bond donors (Lipinski definition) is 1. The molecule has 0 bridgehead atoms. The molecule has 0 saturated heterocycles. The van der Waals surface area contributed by atoms with Gasteiger partial charge in [-0.25, -0.2) is 14.4 Å². The summed E-state index contributed by atoms with van der Waals surface area (Å²) in [7, 11) is 0. The summed E-state index contributed by atoms with van der Waals surface area (Å²) in [6.45, 7) is 0. The Balaban J connectivity index is 1.88. The van der Waals surface area contributed by atoms with E-state index in [2.05, 4.69) is 9.97 Å². The molecular formula is C15H12FN3O. The Bertz CT molecular complexity index is 695. The lowest BCUT2D eigenvalue weighted by Gasteiger charge is -2.07. The molecule has 0 saturated carbocycles. The fraction of sp³-hybridized carbons (Fsp3) is 0.0667. The lowest BCUT2D eigenvalue weighted by Crippen LogP contribution is -2.00. The van der Waals surface area contributed by atoms with E-state index in [0.717, 1.165) is 5.82 Å². The highest BCUT2D eigenvalue weighted by molar-refractivity contribution is 5.28. The Hall–Kier alpha value is -2.53. The maximum atomic E-state index is 12.9. The summed E-state index contributed by atoms with van der Waals surface area (Å²) < 4.78 is 14.6. The first kappa shape index (κ1) is 12.5. The first-order chi connectivity index (χ1) is 9.74. The summed E-state index contributed by atoms with van der Waals surface area (Å²) in [5.41, 5.74) is 1.08. The molecule has 20 heavy (non-hydrogen) atoms. The number of hydrogen-bond acceptors (Lipinski definition) is 3. The Morgan fingerprint density at radius 2 is 1.85 bits per heavy atom. The Labute approximate surface area is 115 Å². The highest BCUT2D eigenvalue weighted by atomic mass is 19.1. The Morgan fingerprint density at radius 1 is 1.05 bits per heavy atom. The highest BCUT2D eigenvalue weighted by Crippen LogP contribution is 2.21. The number of aliphatic hydroxyl groups excluding tert-OH is 1. The van der Waals surface area contributed by atoms with Crippen LogP contribution >= 0.6 is 0 Å². The van der Waals surface area contributed by atoms with Crippen molar-refractivity contribution in [3.8, 4) is 5.82 Å². The third-order valence-electron chi connectivity index (χ3n) is 2.98. The lowest BCUT2D eigenvalue weighted by molar-refractivity contribution is 0.215. The highest BCUT2D eigenvalue weighted by Gasteiger charge is 2.14. The summed E-state index contributed by atoms with van der Waals surface area (Å²) in [6, 6.07) is 11.3. The van der Waals surface area contributed by atoms with Crippen LogP contribution in [0, 0.1) is 5.82 Å². The molecule has 1 aromatic carbocycles. The second-order valence-electron chi connectivity index (χ2n) is 4.35. The molecule has 1 unspecified atom stereocenters. The number of benzene rings is 1. The molecule has 2 aromatic heterocycles. The molecule has 5 heteroatoms. The normalized spacial score (nSPS) is 12.3. The van der Waals surface area contributed by atoms with E-state index in [0.29, 0.717) is 11.3 Å². The van der Waals surface area contributed by atoms with Crippen LogP contribution in [0.3, 0.4) is 0 Å². The number of halogens is 1. The molecule has 3 rings (SSSR count). The molecular weight excluding hydrogens is 257 g/mol. The van der Waals surface area contributed by atoms with Crippen LogP contribution < -0.4 is 0 Å². The monoisotopic (exact) mass is 269 g/mol. The lowest BCUT2D eigenvalue weighted by atomic mass is 10.1. The SMILES string of the molecule is OC(c1ccc(F)cc1)c1cn(-c2ccccn2)cn1. The molecule has 0 fully saturated rings. The van der Waals surface area contributed by atoms with E-state index >= 15 is 0 Å². The summed E-state index contributed by atoms with van der Waals surface area (Å²) in [6.07, 6.45) is 4.09. The van der Waals surface area contributed by atoms with Gasteiger partial charge in [-0.05, 0) is 29.8 Å². The van der Waals surface area contributed by atoms with Gasteiger partial charge in [-0.2, -0.15) is 0 Å². The molecule has 0 spiro atoms. The fourth-order valence-corrected chi connectivity index (χ4v) is 1.93. The van der Waals surface area contributed by atoms with Gasteiger partial charge in [0.05, 0.1) is 5.69 Å². The van der Waals surface area contributed by atoms with Gasteiger partial charge in [-0.15, -0.1) is 0 Å². The first-order valence-corrected chi connectivity index (χ1v) is 6.13. The van der Waals surface area contributed by atoms with Gasteiger partial charge in [0, 0.05) is 12.4 Å². The smallest absolute Gasteiger partial charge is 0.137 e. The third-order valence-corrected chi connectivity index (χ3v) is 2.98. The number of aliphatic hydroxyl groups is 1. The van der Waals surface area contributed by atoms with Gasteiger partial charge in [0.25, 0.3) is 0 Å². The zero-order chi connectivity index (χ0) is 13.9. The van der Waals surface area contributed by atoms with Gasteiger partial charge in [-0.1, -0.05) is 18.2 Å². The molecule has 1 N–H and O–H groups in total. The summed E-state index contributed by atoms with van der Waals surface area (Å²) >= 11 is 0. The van der Waals surface area contributed by atoms with Crippen molar-refractivity contribution in [2.24, 2.45) is 0 Å². The average Bonchev–Trinajstić information content (AvgIpc) is 2.98. The number of pyridine rings is 1. The quantitative estimate of drug-likeness (QED) is 0.794. The van der Waals surface area contributed by atoms with Crippen molar-refractivity contribution in [1.29, 1.82) is 0 Å². The van der Waals surface area contributed by atoms with E-state index in [-0.39, 0.29) is 5.82 Å². The van der Waals surface area contributed by atoms with E-state index in [4.69, 9.17) is 0 Å². The van der Waals surface area contributed by atoms with Crippen LogP contribution in [0.4, 0.5) is 4.39 Å². The predicted molar refractivity (Wildman–Crippen MR) is 71.8 cm³/mol. The number of aromatic nitrogens is 3. The standard InChI is InChI=1S/C15H12FN3O/c16-12-6-4-11(5-7-12)15(20)13-9-19(10-18-13)14-3-1-2-8-17-14/h1-10,15,20H. The molecule has 0 radical (unpaired) electrons. The number of rotatable bonds is 3. The molecule has 0 aliphatic heterocycles. The molecule has 0 aliphatic rings. The van der Waals surface area contributed by atoms with Crippen LogP contribution in [0.15, 0.2) is 61.2 Å². The van der Waals surface area contributed by atoms with Crippen LogP contribution in [0.5, 0.6) is 0 Å². The minimum Gasteiger partial charge on any atom is -0.382 e. The van der Waals surface area contributed by atoms with Crippen LogP contribution in [0.1, 0.15) is 17.4 Å². The van der Waals surface area contributed by atoms with E-state index < -0.39 is 6.10 Å². The van der Waals surface area contributed by atoms with E-state index in [1.165, 1.54) is 12.1 Å². The van der Waals surface area contributed by atoms with Crippen molar-refractivity contribution in [1.82, 2.24) is 14.5 Å². The van der Waals surface area contributed by atoms with E-state index in [1.54, 1.807) is 35.4 Å². The fourth-order valence-electron chi connectivity index (χ4n) is 1.93. The zero-order valence-electron chi connectivity index (χ0n) is 10.5. The zero-order valence-corrected chi connectivity index (χ0v) is 10.5. The van der Waals surface area contributed by atoms with Crippen LogP contribution in [0.2, 0.25) is 0 Å². The minimum absolute atomic E-state index is 0.333. The topological polar surface area (TPSA) is 50.9 Å².